The van der Waals surface area contributed by atoms with Crippen LogP contribution in [0.1, 0.15) is 13.3 Å². The summed E-state index contributed by atoms with van der Waals surface area (Å²) in [5.74, 6) is -3.48. The Bertz CT molecular complexity index is 549. The van der Waals surface area contributed by atoms with Crippen LogP contribution < -0.4 is 10.2 Å². The number of nitrogens with one attached hydrogen (secondary N) is 1. The molecule has 0 bridgehead atoms. The topological polar surface area (TPSA) is 107 Å². The van der Waals surface area contributed by atoms with Crippen LogP contribution in [0.5, 0.6) is 0 Å². The van der Waals surface area contributed by atoms with Crippen LogP contribution in [0.15, 0.2) is 24.3 Å². The number of carbonyl (C=O) groups is 3. The van der Waals surface area contributed by atoms with Crippen molar-refractivity contribution in [1.29, 1.82) is 0 Å². The lowest BCUT2D eigenvalue weighted by atomic mass is 10.2. The molecule has 1 unspecified atom stereocenters. The van der Waals surface area contributed by atoms with Crippen molar-refractivity contribution < 1.29 is 29.0 Å². The van der Waals surface area contributed by atoms with Gasteiger partial charge >= 0.3 is 18.0 Å². The Morgan fingerprint density at radius 1 is 1.29 bits per heavy atom. The first-order valence-electron chi connectivity index (χ1n) is 6.14. The fourth-order valence-electron chi connectivity index (χ4n) is 1.70. The van der Waals surface area contributed by atoms with Gasteiger partial charge in [0.2, 0.25) is 0 Å². The van der Waals surface area contributed by atoms with E-state index in [1.807, 2.05) is 0 Å². The van der Waals surface area contributed by atoms with E-state index in [1.165, 1.54) is 18.2 Å². The molecule has 0 aromatic heterocycles. The molecule has 1 aromatic rings. The van der Waals surface area contributed by atoms with Crippen LogP contribution >= 0.6 is 0 Å². The van der Waals surface area contributed by atoms with Crippen LogP contribution in [0.2, 0.25) is 0 Å². The van der Waals surface area contributed by atoms with E-state index in [4.69, 9.17) is 10.2 Å². The molecule has 1 aromatic carbocycles. The summed E-state index contributed by atoms with van der Waals surface area (Å²) in [5.41, 5.74) is -0.0167. The van der Waals surface area contributed by atoms with Gasteiger partial charge in [0.15, 0.2) is 0 Å². The van der Waals surface area contributed by atoms with Gasteiger partial charge in [-0.15, -0.1) is 0 Å². The molecule has 0 aliphatic carbocycles. The molecule has 0 spiro atoms. The van der Waals surface area contributed by atoms with Gasteiger partial charge in [-0.1, -0.05) is 12.1 Å². The van der Waals surface area contributed by atoms with Crippen molar-refractivity contribution in [2.24, 2.45) is 0 Å². The zero-order valence-corrected chi connectivity index (χ0v) is 11.2. The molecule has 0 fully saturated rings. The summed E-state index contributed by atoms with van der Waals surface area (Å²) < 4.78 is 13.7. The number of para-hydroxylation sites is 1. The second kappa shape index (κ2) is 7.22. The first kappa shape index (κ1) is 16.4. The third kappa shape index (κ3) is 4.44. The van der Waals surface area contributed by atoms with Crippen molar-refractivity contribution in [3.63, 3.8) is 0 Å². The van der Waals surface area contributed by atoms with Gasteiger partial charge in [-0.05, 0) is 19.1 Å². The van der Waals surface area contributed by atoms with Crippen LogP contribution in [-0.2, 0) is 9.59 Å². The number of anilines is 1. The van der Waals surface area contributed by atoms with E-state index in [0.29, 0.717) is 0 Å². The molecule has 0 aliphatic rings. The van der Waals surface area contributed by atoms with E-state index >= 15 is 0 Å². The Kier molecular flexibility index (Phi) is 5.65. The first-order chi connectivity index (χ1) is 9.86. The molecule has 0 aliphatic heterocycles. The Labute approximate surface area is 120 Å². The predicted molar refractivity (Wildman–Crippen MR) is 71.6 cm³/mol. The Hall–Kier alpha value is -2.64. The highest BCUT2D eigenvalue weighted by Crippen LogP contribution is 2.18. The standard InChI is InChI=1S/C13H15FN2O5/c1-2-16(10-6-4-3-5-8(10)14)13(21)15-9(12(19)20)7-11(17)18/h3-6,9H,2,7H2,1H3,(H,15,21)(H,17,18)(H,19,20). The SMILES string of the molecule is CCN(C(=O)NC(CC(=O)O)C(=O)O)c1ccccc1F. The summed E-state index contributed by atoms with van der Waals surface area (Å²) in [7, 11) is 0. The molecule has 21 heavy (non-hydrogen) atoms. The number of carboxylic acid groups (broad SMARTS) is 2. The van der Waals surface area contributed by atoms with Crippen LogP contribution in [0, 0.1) is 5.82 Å². The van der Waals surface area contributed by atoms with Gasteiger partial charge in [-0.25, -0.2) is 14.0 Å². The molecule has 7 nitrogen and oxygen atoms in total. The Morgan fingerprint density at radius 3 is 2.38 bits per heavy atom. The van der Waals surface area contributed by atoms with Gasteiger partial charge in [0.1, 0.15) is 11.9 Å². The number of aliphatic carboxylic acids is 2. The average Bonchev–Trinajstić information content (AvgIpc) is 2.40. The third-order valence-corrected chi connectivity index (χ3v) is 2.68. The maximum atomic E-state index is 13.7. The number of halogens is 1. The highest BCUT2D eigenvalue weighted by molar-refractivity contribution is 5.95. The highest BCUT2D eigenvalue weighted by atomic mass is 19.1. The van der Waals surface area contributed by atoms with Crippen molar-refractivity contribution in [2.45, 2.75) is 19.4 Å². The van der Waals surface area contributed by atoms with Crippen molar-refractivity contribution in [2.75, 3.05) is 11.4 Å². The summed E-state index contributed by atoms with van der Waals surface area (Å²) >= 11 is 0. The molecular weight excluding hydrogens is 283 g/mol. The fourth-order valence-corrected chi connectivity index (χ4v) is 1.70. The Balaban J connectivity index is 2.91. The molecule has 1 rings (SSSR count). The van der Waals surface area contributed by atoms with E-state index in [9.17, 15) is 18.8 Å². The molecule has 114 valence electrons. The van der Waals surface area contributed by atoms with Gasteiger partial charge in [0, 0.05) is 6.54 Å². The summed E-state index contributed by atoms with van der Waals surface area (Å²) in [6.45, 7) is 1.67. The number of benzene rings is 1. The molecule has 0 saturated carbocycles. The summed E-state index contributed by atoms with van der Waals surface area (Å²) in [6.07, 6.45) is -0.768. The van der Waals surface area contributed by atoms with Crippen LogP contribution in [0.4, 0.5) is 14.9 Å². The third-order valence-electron chi connectivity index (χ3n) is 2.68. The van der Waals surface area contributed by atoms with Gasteiger partial charge < -0.3 is 15.5 Å². The molecule has 3 N–H and O–H groups in total. The molecule has 2 amide bonds. The molecule has 0 radical (unpaired) electrons. The second-order valence-corrected chi connectivity index (χ2v) is 4.13. The lowest BCUT2D eigenvalue weighted by Crippen LogP contribution is -2.49. The number of carboxylic acids is 2. The highest BCUT2D eigenvalue weighted by Gasteiger charge is 2.26. The molecule has 0 saturated heterocycles. The van der Waals surface area contributed by atoms with Gasteiger partial charge in [0.05, 0.1) is 12.1 Å². The predicted octanol–water partition coefficient (Wildman–Crippen LogP) is 1.29. The average molecular weight is 298 g/mol. The minimum absolute atomic E-state index is 0.0167. The molecule has 0 heterocycles. The largest absolute Gasteiger partial charge is 0.481 e. The van der Waals surface area contributed by atoms with Gasteiger partial charge in [0.25, 0.3) is 0 Å². The minimum Gasteiger partial charge on any atom is -0.481 e. The van der Waals surface area contributed by atoms with E-state index in [0.717, 1.165) is 11.0 Å². The van der Waals surface area contributed by atoms with E-state index in [-0.39, 0.29) is 12.2 Å². The number of hydrogen-bond acceptors (Lipinski definition) is 3. The lowest BCUT2D eigenvalue weighted by Gasteiger charge is -2.23. The van der Waals surface area contributed by atoms with E-state index in [1.54, 1.807) is 6.92 Å². The molecule has 1 atom stereocenters. The smallest absolute Gasteiger partial charge is 0.326 e. The van der Waals surface area contributed by atoms with Crippen LogP contribution in [0.25, 0.3) is 0 Å². The first-order valence-corrected chi connectivity index (χ1v) is 6.14. The number of urea groups is 1. The summed E-state index contributed by atoms with van der Waals surface area (Å²) in [4.78, 5) is 34.5. The summed E-state index contributed by atoms with van der Waals surface area (Å²) in [6, 6.07) is 3.05. The zero-order valence-electron chi connectivity index (χ0n) is 11.2. The van der Waals surface area contributed by atoms with Gasteiger partial charge in [-0.2, -0.15) is 0 Å². The normalized spacial score (nSPS) is 11.5. The minimum atomic E-state index is -1.59. The van der Waals surface area contributed by atoms with E-state index < -0.39 is 36.2 Å². The Morgan fingerprint density at radius 2 is 1.90 bits per heavy atom. The van der Waals surface area contributed by atoms with Crippen LogP contribution in [0.3, 0.4) is 0 Å². The maximum absolute atomic E-state index is 13.7. The number of amides is 2. The second-order valence-electron chi connectivity index (χ2n) is 4.13. The summed E-state index contributed by atoms with van der Waals surface area (Å²) in [5, 5.41) is 19.6. The van der Waals surface area contributed by atoms with Crippen LogP contribution in [-0.4, -0.2) is 40.8 Å². The lowest BCUT2D eigenvalue weighted by molar-refractivity contribution is -0.145. The quantitative estimate of drug-likeness (QED) is 0.733. The number of rotatable bonds is 6. The molecule has 8 heteroatoms. The molecular formula is C13H15FN2O5. The van der Waals surface area contributed by atoms with E-state index in [2.05, 4.69) is 5.32 Å². The monoisotopic (exact) mass is 298 g/mol. The van der Waals surface area contributed by atoms with Gasteiger partial charge in [-0.3, -0.25) is 9.69 Å². The van der Waals surface area contributed by atoms with Crippen molar-refractivity contribution in [3.8, 4) is 0 Å². The fraction of sp³-hybridized carbons (Fsp3) is 0.308. The number of nitrogens with zero attached hydrogens (tertiary/aromatic N) is 1. The zero-order chi connectivity index (χ0) is 16.0. The maximum Gasteiger partial charge on any atom is 0.326 e. The number of hydrogen-bond donors (Lipinski definition) is 3. The number of carbonyl (C=O) groups excluding carboxylic acids is 1. The van der Waals surface area contributed by atoms with Crippen molar-refractivity contribution >= 4 is 23.7 Å². The van der Waals surface area contributed by atoms with Crippen molar-refractivity contribution in [3.05, 3.63) is 30.1 Å². The van der Waals surface area contributed by atoms with Crippen molar-refractivity contribution in [1.82, 2.24) is 5.32 Å².